The Morgan fingerprint density at radius 3 is 2.00 bits per heavy atom. The van der Waals surface area contributed by atoms with Crippen LogP contribution < -0.4 is 32.7 Å². The fraction of sp³-hybridized carbons (Fsp3) is 0.774. The number of likely N-dealkylation sites (tertiary alicyclic amines) is 1. The van der Waals surface area contributed by atoms with Crippen molar-refractivity contribution in [2.24, 2.45) is 29.2 Å². The van der Waals surface area contributed by atoms with Crippen molar-refractivity contribution in [3.05, 3.63) is 0 Å². The average Bonchev–Trinajstić information content (AvgIpc) is 3.46. The normalized spacial score (nSPS) is 18.7. The van der Waals surface area contributed by atoms with Crippen molar-refractivity contribution >= 4 is 41.7 Å². The van der Waals surface area contributed by atoms with E-state index in [9.17, 15) is 33.6 Å². The van der Waals surface area contributed by atoms with Crippen LogP contribution in [0.3, 0.4) is 0 Å². The van der Waals surface area contributed by atoms with E-state index in [2.05, 4.69) is 21.3 Å². The zero-order valence-electron chi connectivity index (χ0n) is 27.9. The van der Waals surface area contributed by atoms with Gasteiger partial charge in [-0.15, -0.1) is 0 Å². The molecule has 7 atom stereocenters. The highest BCUT2D eigenvalue weighted by Gasteiger charge is 2.39. The molecule has 14 heteroatoms. The molecule has 1 aliphatic heterocycles. The van der Waals surface area contributed by atoms with Crippen LogP contribution in [0.2, 0.25) is 0 Å². The molecule has 6 amide bonds. The van der Waals surface area contributed by atoms with Gasteiger partial charge in [0.2, 0.25) is 35.4 Å². The summed E-state index contributed by atoms with van der Waals surface area (Å²) in [4.78, 5) is 90.3. The summed E-state index contributed by atoms with van der Waals surface area (Å²) in [7, 11) is 0. The van der Waals surface area contributed by atoms with Gasteiger partial charge in [-0.3, -0.25) is 28.8 Å². The third kappa shape index (κ3) is 13.1. The lowest BCUT2D eigenvalue weighted by molar-refractivity contribution is -0.142. The minimum absolute atomic E-state index is 0.0108. The highest BCUT2D eigenvalue weighted by Crippen LogP contribution is 2.21. The van der Waals surface area contributed by atoms with Gasteiger partial charge in [-0.25, -0.2) is 0 Å². The average molecular weight is 638 g/mol. The van der Waals surface area contributed by atoms with E-state index in [0.717, 1.165) is 0 Å². The van der Waals surface area contributed by atoms with Crippen molar-refractivity contribution in [3.8, 4) is 0 Å². The molecule has 1 heterocycles. The Balaban J connectivity index is 3.07. The highest BCUT2D eigenvalue weighted by atomic mass is 16.2. The molecule has 0 aromatic rings. The summed E-state index contributed by atoms with van der Waals surface area (Å²) >= 11 is 0. The topological polar surface area (TPSA) is 223 Å². The summed E-state index contributed by atoms with van der Waals surface area (Å²) in [6.45, 7) is 13.1. The third-order valence-electron chi connectivity index (χ3n) is 8.00. The number of primary amides is 1. The fourth-order valence-corrected chi connectivity index (χ4v) is 5.15. The van der Waals surface area contributed by atoms with Crippen LogP contribution in [0.4, 0.5) is 0 Å². The molecule has 0 bridgehead atoms. The molecule has 45 heavy (non-hydrogen) atoms. The monoisotopic (exact) mass is 637 g/mol. The molecule has 256 valence electrons. The Bertz CT molecular complexity index is 1050. The quantitative estimate of drug-likeness (QED) is 0.104. The molecule has 0 aromatic carbocycles. The lowest BCUT2D eigenvalue weighted by atomic mass is 9.99. The zero-order valence-corrected chi connectivity index (χ0v) is 27.9. The first-order chi connectivity index (χ1) is 21.0. The summed E-state index contributed by atoms with van der Waals surface area (Å²) in [5.41, 5.74) is 11.2. The predicted molar refractivity (Wildman–Crippen MR) is 169 cm³/mol. The summed E-state index contributed by atoms with van der Waals surface area (Å²) in [5.74, 6) is -3.31. The molecule has 0 spiro atoms. The van der Waals surface area contributed by atoms with Crippen LogP contribution in [0.5, 0.6) is 0 Å². The Kier molecular flexibility index (Phi) is 16.7. The molecule has 8 N–H and O–H groups in total. The largest absolute Gasteiger partial charge is 0.370 e. The van der Waals surface area contributed by atoms with Gasteiger partial charge in [0.05, 0.1) is 12.1 Å². The van der Waals surface area contributed by atoms with E-state index in [0.29, 0.717) is 32.0 Å². The van der Waals surface area contributed by atoms with E-state index in [1.54, 1.807) is 6.92 Å². The van der Waals surface area contributed by atoms with Gasteiger partial charge in [-0.1, -0.05) is 48.0 Å². The van der Waals surface area contributed by atoms with Gasteiger partial charge in [-0.05, 0) is 56.8 Å². The number of aldehydes is 1. The lowest BCUT2D eigenvalue weighted by Gasteiger charge is -2.31. The number of nitrogens with two attached hydrogens (primary N) is 2. The SMILES string of the molecule is CC[C@H](C)[C@@H](C=O)NC(=O)[C@H](CCC(N)=O)NC(=O)[C@@H]1CCCN1C(=O)[C@H](CC(C)C)NC(=O)[C@H](C)NC(=O)[C@@H](N)CC(C)C. The van der Waals surface area contributed by atoms with Gasteiger partial charge >= 0.3 is 0 Å². The van der Waals surface area contributed by atoms with Gasteiger partial charge in [0.1, 0.15) is 30.5 Å². The second kappa shape index (κ2) is 19.1. The molecular formula is C31H55N7O7. The molecule has 14 nitrogen and oxygen atoms in total. The molecule has 0 aromatic heterocycles. The molecule has 0 radical (unpaired) electrons. The van der Waals surface area contributed by atoms with Gasteiger partial charge in [0, 0.05) is 13.0 Å². The fourth-order valence-electron chi connectivity index (χ4n) is 5.15. The maximum atomic E-state index is 13.8. The van der Waals surface area contributed by atoms with Crippen LogP contribution in [0.25, 0.3) is 0 Å². The van der Waals surface area contributed by atoms with Crippen molar-refractivity contribution in [2.75, 3.05) is 6.54 Å². The number of nitrogens with one attached hydrogen (secondary N) is 4. The predicted octanol–water partition coefficient (Wildman–Crippen LogP) is -0.133. The van der Waals surface area contributed by atoms with Crippen LogP contribution in [0.1, 0.15) is 93.4 Å². The van der Waals surface area contributed by atoms with Crippen molar-refractivity contribution in [2.45, 2.75) is 130 Å². The van der Waals surface area contributed by atoms with Gasteiger partial charge in [0.15, 0.2) is 0 Å². The molecule has 0 unspecified atom stereocenters. The van der Waals surface area contributed by atoms with E-state index in [1.807, 2.05) is 34.6 Å². The van der Waals surface area contributed by atoms with Crippen molar-refractivity contribution in [3.63, 3.8) is 0 Å². The minimum Gasteiger partial charge on any atom is -0.370 e. The van der Waals surface area contributed by atoms with E-state index >= 15 is 0 Å². The van der Waals surface area contributed by atoms with Crippen LogP contribution in [-0.4, -0.2) is 89.4 Å². The standard InChI is InChI=1S/C31H55N7O7/c1-8-19(6)24(16-39)37-29(43)22(11-12-26(33)40)35-30(44)25-10-9-13-38(25)31(45)23(15-18(4)5)36-27(41)20(7)34-28(42)21(32)14-17(2)3/h16-25H,8-15,32H2,1-7H3,(H2,33,40)(H,34,42)(H,35,44)(H,36,41)(H,37,43)/t19-,20-,21-,22-,23-,24+,25-/m0/s1. The third-order valence-corrected chi connectivity index (χ3v) is 8.00. The maximum absolute atomic E-state index is 13.8. The smallest absolute Gasteiger partial charge is 0.245 e. The number of hydrogen-bond donors (Lipinski definition) is 6. The number of nitrogens with zero attached hydrogens (tertiary/aromatic N) is 1. The Hall–Kier alpha value is -3.55. The van der Waals surface area contributed by atoms with Crippen molar-refractivity contribution < 1.29 is 33.6 Å². The number of carbonyl (C=O) groups excluding carboxylic acids is 7. The Morgan fingerprint density at radius 2 is 1.47 bits per heavy atom. The minimum atomic E-state index is -1.16. The zero-order chi connectivity index (χ0) is 34.4. The van der Waals surface area contributed by atoms with Gasteiger partial charge in [0.25, 0.3) is 0 Å². The van der Waals surface area contributed by atoms with Crippen molar-refractivity contribution in [1.82, 2.24) is 26.2 Å². The van der Waals surface area contributed by atoms with Crippen LogP contribution in [0.15, 0.2) is 0 Å². The lowest BCUT2D eigenvalue weighted by Crippen LogP contribution is -2.59. The summed E-state index contributed by atoms with van der Waals surface area (Å²) < 4.78 is 0. The second-order valence-electron chi connectivity index (χ2n) is 13.0. The van der Waals surface area contributed by atoms with Crippen LogP contribution >= 0.6 is 0 Å². The molecular weight excluding hydrogens is 582 g/mol. The Morgan fingerprint density at radius 1 is 0.844 bits per heavy atom. The Labute approximate surface area is 266 Å². The summed E-state index contributed by atoms with van der Waals surface area (Å²) in [6.07, 6.45) is 2.58. The van der Waals surface area contributed by atoms with Crippen molar-refractivity contribution in [1.29, 1.82) is 0 Å². The van der Waals surface area contributed by atoms with E-state index in [4.69, 9.17) is 11.5 Å². The molecule has 0 saturated carbocycles. The molecule has 1 fully saturated rings. The number of amides is 6. The van der Waals surface area contributed by atoms with Crippen LogP contribution in [0, 0.1) is 17.8 Å². The second-order valence-corrected chi connectivity index (χ2v) is 13.0. The summed E-state index contributed by atoms with van der Waals surface area (Å²) in [6, 6.07) is -5.55. The summed E-state index contributed by atoms with van der Waals surface area (Å²) in [5, 5.41) is 10.6. The number of rotatable bonds is 19. The molecule has 0 aliphatic carbocycles. The van der Waals surface area contributed by atoms with E-state index in [-0.39, 0.29) is 43.6 Å². The first-order valence-corrected chi connectivity index (χ1v) is 16.0. The first-order valence-electron chi connectivity index (χ1n) is 16.0. The molecule has 1 aliphatic rings. The number of hydrogen-bond acceptors (Lipinski definition) is 8. The number of carbonyl (C=O) groups is 7. The van der Waals surface area contributed by atoms with Gasteiger partial charge in [-0.2, -0.15) is 0 Å². The van der Waals surface area contributed by atoms with Gasteiger partial charge < -0.3 is 42.4 Å². The molecule has 1 rings (SSSR count). The molecule has 1 saturated heterocycles. The highest BCUT2D eigenvalue weighted by molar-refractivity contribution is 5.96. The van der Waals surface area contributed by atoms with E-state index in [1.165, 1.54) is 11.8 Å². The van der Waals surface area contributed by atoms with E-state index < -0.39 is 71.7 Å². The van der Waals surface area contributed by atoms with Crippen LogP contribution in [-0.2, 0) is 33.6 Å². The first kappa shape index (κ1) is 39.5. The maximum Gasteiger partial charge on any atom is 0.245 e.